The second-order valence-corrected chi connectivity index (χ2v) is 5.47. The molecular formula is C14H12N2O3S. The molecule has 1 aromatic carbocycles. The van der Waals surface area contributed by atoms with E-state index in [2.05, 4.69) is 0 Å². The number of amides is 2. The Labute approximate surface area is 120 Å². The molecule has 0 aliphatic carbocycles. The lowest BCUT2D eigenvalue weighted by Crippen LogP contribution is -2.35. The SMILES string of the molecule is CCC1SC(=O)N(CC(=O)c2ccc(C#N)cc2)C1=O. The van der Waals surface area contributed by atoms with Crippen molar-refractivity contribution < 1.29 is 14.4 Å². The fourth-order valence-corrected chi connectivity index (χ4v) is 2.79. The Bertz CT molecular complexity index is 604. The lowest BCUT2D eigenvalue weighted by Gasteiger charge is -2.12. The minimum Gasteiger partial charge on any atom is -0.292 e. The largest absolute Gasteiger partial charge is 0.292 e. The van der Waals surface area contributed by atoms with Gasteiger partial charge in [0.2, 0.25) is 5.91 Å². The van der Waals surface area contributed by atoms with Crippen molar-refractivity contribution in [2.45, 2.75) is 18.6 Å². The van der Waals surface area contributed by atoms with Gasteiger partial charge in [-0.25, -0.2) is 0 Å². The van der Waals surface area contributed by atoms with Gasteiger partial charge in [-0.1, -0.05) is 30.8 Å². The molecule has 2 rings (SSSR count). The Kier molecular flexibility index (Phi) is 4.20. The predicted molar refractivity (Wildman–Crippen MR) is 74.3 cm³/mol. The maximum Gasteiger partial charge on any atom is 0.289 e. The number of nitriles is 1. The number of hydrogen-bond acceptors (Lipinski definition) is 5. The maximum atomic E-state index is 12.0. The van der Waals surface area contributed by atoms with Crippen LogP contribution in [0.5, 0.6) is 0 Å². The second kappa shape index (κ2) is 5.88. The highest BCUT2D eigenvalue weighted by Gasteiger charge is 2.39. The summed E-state index contributed by atoms with van der Waals surface area (Å²) >= 11 is 0.967. The number of imide groups is 1. The Morgan fingerprint density at radius 2 is 2.00 bits per heavy atom. The standard InChI is InChI=1S/C14H12N2O3S/c1-2-12-13(18)16(14(19)20-12)8-11(17)10-5-3-9(7-15)4-6-10/h3-6,12H,2,8H2,1H3. The van der Waals surface area contributed by atoms with Crippen molar-refractivity contribution >= 4 is 28.7 Å². The summed E-state index contributed by atoms with van der Waals surface area (Å²) in [6.45, 7) is 1.59. The van der Waals surface area contributed by atoms with Gasteiger partial charge in [-0.2, -0.15) is 5.26 Å². The van der Waals surface area contributed by atoms with E-state index in [1.54, 1.807) is 0 Å². The minimum absolute atomic E-state index is 0.243. The van der Waals surface area contributed by atoms with Crippen LogP contribution in [0.2, 0.25) is 0 Å². The molecule has 1 unspecified atom stereocenters. The average molecular weight is 288 g/mol. The van der Waals surface area contributed by atoms with Crippen molar-refractivity contribution in [3.05, 3.63) is 35.4 Å². The quantitative estimate of drug-likeness (QED) is 0.794. The third kappa shape index (κ3) is 2.73. The molecule has 1 heterocycles. The van der Waals surface area contributed by atoms with Crippen LogP contribution in [0.15, 0.2) is 24.3 Å². The van der Waals surface area contributed by atoms with Crippen molar-refractivity contribution in [2.24, 2.45) is 0 Å². The van der Waals surface area contributed by atoms with Gasteiger partial charge in [0, 0.05) is 5.56 Å². The first kappa shape index (κ1) is 14.3. The third-order valence-electron chi connectivity index (χ3n) is 3.01. The summed E-state index contributed by atoms with van der Waals surface area (Å²) in [4.78, 5) is 36.6. The molecule has 102 valence electrons. The van der Waals surface area contributed by atoms with E-state index in [4.69, 9.17) is 5.26 Å². The minimum atomic E-state index is -0.378. The van der Waals surface area contributed by atoms with Crippen LogP contribution >= 0.6 is 11.8 Å². The summed E-state index contributed by atoms with van der Waals surface area (Å²) in [5.74, 6) is -0.613. The van der Waals surface area contributed by atoms with Crippen molar-refractivity contribution in [1.29, 1.82) is 5.26 Å². The molecule has 1 fully saturated rings. The number of rotatable bonds is 4. The monoisotopic (exact) mass is 288 g/mol. The third-order valence-corrected chi connectivity index (χ3v) is 4.25. The van der Waals surface area contributed by atoms with E-state index in [1.165, 1.54) is 24.3 Å². The lowest BCUT2D eigenvalue weighted by molar-refractivity contribution is -0.126. The summed E-state index contributed by atoms with van der Waals surface area (Å²) in [6.07, 6.45) is 0.566. The number of ketones is 1. The molecule has 0 N–H and O–H groups in total. The molecule has 1 saturated heterocycles. The predicted octanol–water partition coefficient (Wildman–Crippen LogP) is 2.21. The molecule has 1 aromatic rings. The van der Waals surface area contributed by atoms with Gasteiger partial charge < -0.3 is 0 Å². The molecule has 1 atom stereocenters. The van der Waals surface area contributed by atoms with Crippen LogP contribution in [0.1, 0.15) is 29.3 Å². The van der Waals surface area contributed by atoms with E-state index >= 15 is 0 Å². The number of thioether (sulfide) groups is 1. The zero-order valence-electron chi connectivity index (χ0n) is 10.8. The smallest absolute Gasteiger partial charge is 0.289 e. The average Bonchev–Trinajstić information content (AvgIpc) is 2.74. The van der Waals surface area contributed by atoms with Gasteiger partial charge in [-0.3, -0.25) is 19.3 Å². The Balaban J connectivity index is 2.09. The number of Topliss-reactive ketones (excluding diaryl/α,β-unsaturated/α-hetero) is 1. The van der Waals surface area contributed by atoms with Gasteiger partial charge in [0.25, 0.3) is 5.24 Å². The molecule has 0 saturated carbocycles. The highest BCUT2D eigenvalue weighted by Crippen LogP contribution is 2.28. The van der Waals surface area contributed by atoms with Gasteiger partial charge in [0.1, 0.15) is 0 Å². The molecule has 6 heteroatoms. The van der Waals surface area contributed by atoms with Crippen molar-refractivity contribution in [1.82, 2.24) is 4.90 Å². The van der Waals surface area contributed by atoms with E-state index < -0.39 is 0 Å². The fourth-order valence-electron chi connectivity index (χ4n) is 1.87. The second-order valence-electron chi connectivity index (χ2n) is 4.32. The normalized spacial score (nSPS) is 18.2. The molecule has 1 aliphatic heterocycles. The van der Waals surface area contributed by atoms with E-state index in [0.717, 1.165) is 16.7 Å². The topological polar surface area (TPSA) is 78.2 Å². The van der Waals surface area contributed by atoms with Gasteiger partial charge in [0.15, 0.2) is 5.78 Å². The fraction of sp³-hybridized carbons (Fsp3) is 0.286. The van der Waals surface area contributed by atoms with Crippen molar-refractivity contribution in [3.63, 3.8) is 0 Å². The summed E-state index contributed by atoms with van der Waals surface area (Å²) in [5.41, 5.74) is 0.839. The van der Waals surface area contributed by atoms with Crippen LogP contribution in [0.25, 0.3) is 0 Å². The van der Waals surface area contributed by atoms with Crippen LogP contribution < -0.4 is 0 Å². The number of benzene rings is 1. The number of hydrogen-bond donors (Lipinski definition) is 0. The van der Waals surface area contributed by atoms with Crippen LogP contribution in [0.3, 0.4) is 0 Å². The molecule has 20 heavy (non-hydrogen) atoms. The maximum absolute atomic E-state index is 12.0. The zero-order chi connectivity index (χ0) is 14.7. The zero-order valence-corrected chi connectivity index (χ0v) is 11.6. The van der Waals surface area contributed by atoms with Gasteiger partial charge in [-0.15, -0.1) is 0 Å². The van der Waals surface area contributed by atoms with E-state index in [9.17, 15) is 14.4 Å². The van der Waals surface area contributed by atoms with E-state index in [1.807, 2.05) is 13.0 Å². The summed E-state index contributed by atoms with van der Waals surface area (Å²) in [6, 6.07) is 8.07. The van der Waals surface area contributed by atoms with E-state index in [0.29, 0.717) is 17.5 Å². The molecule has 5 nitrogen and oxygen atoms in total. The first-order valence-electron chi connectivity index (χ1n) is 6.12. The van der Waals surface area contributed by atoms with Crippen molar-refractivity contribution in [2.75, 3.05) is 6.54 Å². The molecule has 0 spiro atoms. The molecule has 0 aromatic heterocycles. The number of carbonyl (C=O) groups excluding carboxylic acids is 3. The highest BCUT2D eigenvalue weighted by atomic mass is 32.2. The Morgan fingerprint density at radius 3 is 2.50 bits per heavy atom. The van der Waals surface area contributed by atoms with Crippen LogP contribution in [0.4, 0.5) is 4.79 Å². The van der Waals surface area contributed by atoms with Crippen LogP contribution in [0, 0.1) is 11.3 Å². The first-order chi connectivity index (χ1) is 9.56. The molecule has 0 bridgehead atoms. The lowest BCUT2D eigenvalue weighted by atomic mass is 10.1. The highest BCUT2D eigenvalue weighted by molar-refractivity contribution is 8.15. The number of nitrogens with zero attached hydrogens (tertiary/aromatic N) is 2. The molecule has 2 amide bonds. The molecule has 0 radical (unpaired) electrons. The first-order valence-corrected chi connectivity index (χ1v) is 7.00. The Morgan fingerprint density at radius 1 is 1.35 bits per heavy atom. The van der Waals surface area contributed by atoms with Gasteiger partial charge in [-0.05, 0) is 18.6 Å². The van der Waals surface area contributed by atoms with Gasteiger partial charge >= 0.3 is 0 Å². The van der Waals surface area contributed by atoms with Crippen LogP contribution in [-0.2, 0) is 4.79 Å². The number of carbonyl (C=O) groups is 3. The molecular weight excluding hydrogens is 276 g/mol. The van der Waals surface area contributed by atoms with Crippen molar-refractivity contribution in [3.8, 4) is 6.07 Å². The van der Waals surface area contributed by atoms with Gasteiger partial charge in [0.05, 0.1) is 23.4 Å². The van der Waals surface area contributed by atoms with E-state index in [-0.39, 0.29) is 28.7 Å². The Hall–Kier alpha value is -2.13. The summed E-state index contributed by atoms with van der Waals surface area (Å²) < 4.78 is 0. The van der Waals surface area contributed by atoms with Crippen LogP contribution in [-0.4, -0.2) is 33.6 Å². The molecule has 1 aliphatic rings. The summed E-state index contributed by atoms with van der Waals surface area (Å²) in [5, 5.41) is 7.94. The summed E-state index contributed by atoms with van der Waals surface area (Å²) in [7, 11) is 0.